The van der Waals surface area contributed by atoms with Gasteiger partial charge in [0.2, 0.25) is 0 Å². The van der Waals surface area contributed by atoms with Crippen molar-refractivity contribution < 1.29 is 9.53 Å². The molecule has 1 amide bonds. The average molecular weight is 452 g/mol. The number of carbonyl (C=O) groups is 1. The minimum Gasteiger partial charge on any atom is -0.491 e. The Morgan fingerprint density at radius 2 is 2.00 bits per heavy atom. The fourth-order valence-electron chi connectivity index (χ4n) is 4.31. The van der Waals surface area contributed by atoms with Crippen LogP contribution < -0.4 is 20.1 Å². The van der Waals surface area contributed by atoms with Gasteiger partial charge in [0.1, 0.15) is 12.4 Å². The van der Waals surface area contributed by atoms with Gasteiger partial charge in [-0.25, -0.2) is 4.31 Å². The van der Waals surface area contributed by atoms with E-state index in [0.717, 1.165) is 60.6 Å². The third kappa shape index (κ3) is 4.36. The first-order chi connectivity index (χ1) is 15.6. The highest BCUT2D eigenvalue weighted by molar-refractivity contribution is 7.95. The van der Waals surface area contributed by atoms with Crippen molar-refractivity contribution in [2.45, 2.75) is 19.5 Å². The van der Waals surface area contributed by atoms with Gasteiger partial charge in [0, 0.05) is 66.9 Å². The number of amides is 1. The molecule has 8 heteroatoms. The number of nitrogens with zero attached hydrogens (tertiary/aromatic N) is 2. The fraction of sp³-hybridized carbons (Fsp3) is 0.375. The van der Waals surface area contributed by atoms with Crippen molar-refractivity contribution in [2.75, 3.05) is 39.8 Å². The summed E-state index contributed by atoms with van der Waals surface area (Å²) in [7, 11) is 1.98. The standard InChI is InChI=1S/C24H29N5O2S/c1-16-3-6-20-22-12-17-4-5-18-13-21(17)29(22)14-19(15-31-23(20)11-16)26-8-7-25-9-10-28(2)32-27-24(18)30/h3-6,11-13,19,25-26H,7-10,14-15H2,1-2H3,(H,27,30). The van der Waals surface area contributed by atoms with Gasteiger partial charge < -0.3 is 19.9 Å². The lowest BCUT2D eigenvalue weighted by atomic mass is 10.1. The predicted molar refractivity (Wildman–Crippen MR) is 130 cm³/mol. The number of likely N-dealkylation sites (N-methyl/N-ethyl adjacent to an activating group) is 1. The summed E-state index contributed by atoms with van der Waals surface area (Å²) in [6, 6.07) is 14.7. The first-order valence-corrected chi connectivity index (χ1v) is 11.9. The van der Waals surface area contributed by atoms with Crippen LogP contribution in [0.5, 0.6) is 5.75 Å². The molecular formula is C24H29N5O2S. The molecular weight excluding hydrogens is 422 g/mol. The SMILES string of the molecule is Cc1ccc2c(c1)OCC1Cn3c-2cc2ccc(cc23)C(=O)NSN(C)CCNCCN1. The zero-order chi connectivity index (χ0) is 22.1. The molecule has 0 saturated carbocycles. The molecule has 0 aliphatic carbocycles. The van der Waals surface area contributed by atoms with Crippen LogP contribution in [-0.4, -0.2) is 60.7 Å². The summed E-state index contributed by atoms with van der Waals surface area (Å²) < 4.78 is 13.6. The van der Waals surface area contributed by atoms with E-state index >= 15 is 0 Å². The molecule has 2 aromatic carbocycles. The van der Waals surface area contributed by atoms with E-state index in [2.05, 4.69) is 51.1 Å². The third-order valence-electron chi connectivity index (χ3n) is 6.05. The van der Waals surface area contributed by atoms with Gasteiger partial charge in [0.05, 0.1) is 11.7 Å². The number of nitrogens with one attached hydrogen (secondary N) is 3. The number of rotatable bonds is 0. The summed E-state index contributed by atoms with van der Waals surface area (Å²) in [6.07, 6.45) is 0. The molecule has 168 valence electrons. The van der Waals surface area contributed by atoms with Gasteiger partial charge in [-0.15, -0.1) is 0 Å². The monoisotopic (exact) mass is 451 g/mol. The van der Waals surface area contributed by atoms with Crippen LogP contribution in [0.25, 0.3) is 22.2 Å². The van der Waals surface area contributed by atoms with Crippen LogP contribution in [0.1, 0.15) is 15.9 Å². The highest BCUT2D eigenvalue weighted by Crippen LogP contribution is 2.37. The number of hydrogen-bond donors (Lipinski definition) is 3. The third-order valence-corrected chi connectivity index (χ3v) is 6.83. The van der Waals surface area contributed by atoms with E-state index in [1.54, 1.807) is 0 Å². The van der Waals surface area contributed by atoms with Gasteiger partial charge in [-0.05, 0) is 49.9 Å². The molecule has 0 radical (unpaired) electrons. The van der Waals surface area contributed by atoms with Crippen molar-refractivity contribution in [3.8, 4) is 17.0 Å². The maximum absolute atomic E-state index is 12.8. The van der Waals surface area contributed by atoms with Crippen LogP contribution in [0, 0.1) is 6.92 Å². The Morgan fingerprint density at radius 3 is 2.91 bits per heavy atom. The molecule has 2 aliphatic heterocycles. The second-order valence-corrected chi connectivity index (χ2v) is 9.51. The minimum atomic E-state index is -0.0840. The van der Waals surface area contributed by atoms with Gasteiger partial charge in [-0.3, -0.25) is 9.52 Å². The van der Waals surface area contributed by atoms with Gasteiger partial charge >= 0.3 is 0 Å². The largest absolute Gasteiger partial charge is 0.491 e. The Hall–Kier alpha value is -2.52. The molecule has 0 saturated heterocycles. The molecule has 1 unspecified atom stereocenters. The van der Waals surface area contributed by atoms with Crippen molar-refractivity contribution in [1.82, 2.24) is 24.2 Å². The van der Waals surface area contributed by atoms with Gasteiger partial charge in [0.25, 0.3) is 5.91 Å². The molecule has 32 heavy (non-hydrogen) atoms. The van der Waals surface area contributed by atoms with Gasteiger partial charge in [0.15, 0.2) is 0 Å². The Balaban J connectivity index is 1.61. The van der Waals surface area contributed by atoms with Crippen LogP contribution in [-0.2, 0) is 6.54 Å². The lowest BCUT2D eigenvalue weighted by Crippen LogP contribution is -2.43. The van der Waals surface area contributed by atoms with E-state index in [0.29, 0.717) is 12.2 Å². The second kappa shape index (κ2) is 9.15. The molecule has 1 aromatic heterocycles. The lowest BCUT2D eigenvalue weighted by Gasteiger charge is -2.26. The number of aromatic nitrogens is 1. The highest BCUT2D eigenvalue weighted by atomic mass is 32.2. The summed E-state index contributed by atoms with van der Waals surface area (Å²) in [5, 5.41) is 8.25. The summed E-state index contributed by atoms with van der Waals surface area (Å²) in [6.45, 7) is 6.88. The molecule has 3 aromatic rings. The fourth-order valence-corrected chi connectivity index (χ4v) is 4.85. The number of carbonyl (C=O) groups excluding carboxylic acids is 1. The van der Waals surface area contributed by atoms with Crippen molar-refractivity contribution in [3.63, 3.8) is 0 Å². The molecule has 0 fully saturated rings. The Labute approximate surface area is 192 Å². The van der Waals surface area contributed by atoms with Crippen LogP contribution in [0.4, 0.5) is 0 Å². The number of fused-ring (bicyclic) bond motifs is 4. The molecule has 0 spiro atoms. The number of aryl methyl sites for hydroxylation is 1. The topological polar surface area (TPSA) is 70.6 Å². The Kier molecular flexibility index (Phi) is 6.10. The Morgan fingerprint density at radius 1 is 1.09 bits per heavy atom. The van der Waals surface area contributed by atoms with E-state index in [4.69, 9.17) is 4.74 Å². The maximum Gasteiger partial charge on any atom is 0.262 e. The zero-order valence-electron chi connectivity index (χ0n) is 18.5. The molecule has 3 heterocycles. The van der Waals surface area contributed by atoms with E-state index in [1.165, 1.54) is 17.7 Å². The quantitative estimate of drug-likeness (QED) is 0.457. The van der Waals surface area contributed by atoms with Crippen LogP contribution in [0.15, 0.2) is 42.5 Å². The molecule has 1 atom stereocenters. The molecule has 3 N–H and O–H groups in total. The highest BCUT2D eigenvalue weighted by Gasteiger charge is 2.23. The minimum absolute atomic E-state index is 0.0840. The van der Waals surface area contributed by atoms with E-state index in [1.807, 2.05) is 29.6 Å². The first-order valence-electron chi connectivity index (χ1n) is 11.1. The summed E-state index contributed by atoms with van der Waals surface area (Å²) in [5.74, 6) is 0.824. The molecule has 5 rings (SSSR count). The second-order valence-electron chi connectivity index (χ2n) is 8.50. The first kappa shape index (κ1) is 21.3. The lowest BCUT2D eigenvalue weighted by molar-refractivity contribution is 0.0983. The number of benzene rings is 2. The van der Waals surface area contributed by atoms with Crippen LogP contribution in [0.3, 0.4) is 0 Å². The normalized spacial score (nSPS) is 20.4. The smallest absolute Gasteiger partial charge is 0.262 e. The number of ether oxygens (including phenoxy) is 1. The van der Waals surface area contributed by atoms with E-state index in [-0.39, 0.29) is 11.9 Å². The van der Waals surface area contributed by atoms with E-state index in [9.17, 15) is 4.79 Å². The van der Waals surface area contributed by atoms with Crippen molar-refractivity contribution >= 4 is 28.9 Å². The van der Waals surface area contributed by atoms with Crippen molar-refractivity contribution in [3.05, 3.63) is 53.6 Å². The van der Waals surface area contributed by atoms with E-state index < -0.39 is 0 Å². The zero-order valence-corrected chi connectivity index (χ0v) is 19.3. The van der Waals surface area contributed by atoms with Gasteiger partial charge in [-0.1, -0.05) is 12.1 Å². The summed E-state index contributed by atoms with van der Waals surface area (Å²) >= 11 is 1.34. The molecule has 4 bridgehead atoms. The van der Waals surface area contributed by atoms with Crippen molar-refractivity contribution in [1.29, 1.82) is 0 Å². The predicted octanol–water partition coefficient (Wildman–Crippen LogP) is 2.80. The number of hydrogen-bond acceptors (Lipinski definition) is 6. The van der Waals surface area contributed by atoms with Gasteiger partial charge in [-0.2, -0.15) is 0 Å². The van der Waals surface area contributed by atoms with Crippen molar-refractivity contribution in [2.24, 2.45) is 0 Å². The average Bonchev–Trinajstić information content (AvgIpc) is 3.12. The van der Waals surface area contributed by atoms with Crippen LogP contribution in [0.2, 0.25) is 0 Å². The summed E-state index contributed by atoms with van der Waals surface area (Å²) in [5.41, 5.74) is 5.11. The molecule has 2 aliphatic rings. The maximum atomic E-state index is 12.8. The Bertz CT molecular complexity index is 1140. The molecule has 7 nitrogen and oxygen atoms in total. The summed E-state index contributed by atoms with van der Waals surface area (Å²) in [4.78, 5) is 12.8. The van der Waals surface area contributed by atoms with Crippen LogP contribution >= 0.6 is 12.1 Å².